The van der Waals surface area contributed by atoms with Crippen LogP contribution in [0, 0.1) is 0 Å². The molecule has 1 aliphatic heterocycles. The number of likely N-dealkylation sites (tertiary alicyclic amines) is 1. The molecule has 1 atom stereocenters. The molecule has 0 aliphatic carbocycles. The Morgan fingerprint density at radius 2 is 1.55 bits per heavy atom. The number of hydrogen-bond acceptors (Lipinski definition) is 5. The van der Waals surface area contributed by atoms with Crippen LogP contribution in [0.25, 0.3) is 0 Å². The Balaban J connectivity index is 1.63. The normalized spacial score (nSPS) is 15.4. The molecule has 2 aromatic carbocycles. The summed E-state index contributed by atoms with van der Waals surface area (Å²) in [7, 11) is -3.26. The Morgan fingerprint density at radius 3 is 2.07 bits per heavy atom. The highest BCUT2D eigenvalue weighted by atomic mass is 32.2. The predicted octanol–water partition coefficient (Wildman–Crippen LogP) is 2.23. The second kappa shape index (κ2) is 8.16. The van der Waals surface area contributed by atoms with Crippen molar-refractivity contribution in [2.24, 2.45) is 0 Å². The molecule has 152 valence electrons. The third-order valence-electron chi connectivity index (χ3n) is 4.87. The summed E-state index contributed by atoms with van der Waals surface area (Å²) in [5.74, 6) is -0.621. The van der Waals surface area contributed by atoms with Crippen LogP contribution in [0.15, 0.2) is 53.4 Å². The number of carbonyl (C=O) groups is 3. The van der Waals surface area contributed by atoms with Gasteiger partial charge in [-0.3, -0.25) is 19.3 Å². The lowest BCUT2D eigenvalue weighted by atomic mass is 10.1. The summed E-state index contributed by atoms with van der Waals surface area (Å²) in [5, 5.41) is 2.87. The van der Waals surface area contributed by atoms with Crippen LogP contribution in [0.3, 0.4) is 0 Å². The van der Waals surface area contributed by atoms with Crippen LogP contribution >= 0.6 is 0 Å². The molecule has 1 fully saturated rings. The summed E-state index contributed by atoms with van der Waals surface area (Å²) >= 11 is 0. The summed E-state index contributed by atoms with van der Waals surface area (Å²) in [6, 6.07) is 12.8. The van der Waals surface area contributed by atoms with Gasteiger partial charge >= 0.3 is 0 Å². The fourth-order valence-electron chi connectivity index (χ4n) is 3.11. The number of nitrogens with one attached hydrogen (secondary N) is 1. The molecule has 2 aromatic rings. The Kier molecular flexibility index (Phi) is 5.83. The van der Waals surface area contributed by atoms with Gasteiger partial charge in [0.25, 0.3) is 5.91 Å². The van der Waals surface area contributed by atoms with Gasteiger partial charge in [0.05, 0.1) is 17.5 Å². The number of imide groups is 1. The van der Waals surface area contributed by atoms with Crippen molar-refractivity contribution < 1.29 is 22.8 Å². The molecular weight excluding hydrogens is 392 g/mol. The molecule has 1 N–H and O–H groups in total. The molecule has 0 bridgehead atoms. The van der Waals surface area contributed by atoms with E-state index in [9.17, 15) is 22.8 Å². The van der Waals surface area contributed by atoms with Gasteiger partial charge in [-0.1, -0.05) is 24.3 Å². The number of amides is 3. The van der Waals surface area contributed by atoms with Crippen molar-refractivity contribution in [3.8, 4) is 0 Å². The lowest BCUT2D eigenvalue weighted by Gasteiger charge is -2.16. The first-order valence-corrected chi connectivity index (χ1v) is 11.1. The summed E-state index contributed by atoms with van der Waals surface area (Å²) in [5.41, 5.74) is 2.01. The molecule has 0 saturated carbocycles. The molecule has 3 rings (SSSR count). The van der Waals surface area contributed by atoms with Crippen molar-refractivity contribution >= 4 is 27.6 Å². The first kappa shape index (κ1) is 20.7. The van der Waals surface area contributed by atoms with E-state index in [-0.39, 0.29) is 48.0 Å². The summed E-state index contributed by atoms with van der Waals surface area (Å²) in [6.45, 7) is 2.02. The topological polar surface area (TPSA) is 101 Å². The van der Waals surface area contributed by atoms with Crippen LogP contribution < -0.4 is 5.32 Å². The number of carbonyl (C=O) groups excluding carboxylic acids is 3. The molecule has 8 heteroatoms. The van der Waals surface area contributed by atoms with Crippen molar-refractivity contribution in [2.45, 2.75) is 37.2 Å². The Labute approximate surface area is 169 Å². The fraction of sp³-hybridized carbons (Fsp3) is 0.286. The molecule has 29 heavy (non-hydrogen) atoms. The lowest BCUT2D eigenvalue weighted by molar-refractivity contribution is -0.139. The summed E-state index contributed by atoms with van der Waals surface area (Å²) < 4.78 is 23.1. The van der Waals surface area contributed by atoms with Crippen LogP contribution in [0.1, 0.15) is 47.3 Å². The smallest absolute Gasteiger partial charge is 0.251 e. The van der Waals surface area contributed by atoms with Gasteiger partial charge in [-0.25, -0.2) is 8.42 Å². The number of hydrogen-bond donors (Lipinski definition) is 1. The van der Waals surface area contributed by atoms with Crippen molar-refractivity contribution in [3.63, 3.8) is 0 Å². The van der Waals surface area contributed by atoms with E-state index in [2.05, 4.69) is 5.32 Å². The molecule has 0 aromatic heterocycles. The highest BCUT2D eigenvalue weighted by Crippen LogP contribution is 2.18. The average Bonchev–Trinajstić information content (AvgIpc) is 3.00. The Bertz CT molecular complexity index is 1030. The van der Waals surface area contributed by atoms with Gasteiger partial charge < -0.3 is 5.32 Å². The second-order valence-corrected chi connectivity index (χ2v) is 9.12. The third kappa shape index (κ3) is 4.89. The van der Waals surface area contributed by atoms with Gasteiger partial charge in [0, 0.05) is 24.7 Å². The zero-order valence-electron chi connectivity index (χ0n) is 16.2. The first-order chi connectivity index (χ1) is 13.6. The van der Waals surface area contributed by atoms with E-state index < -0.39 is 9.84 Å². The molecule has 0 radical (unpaired) electrons. The highest BCUT2D eigenvalue weighted by Gasteiger charge is 2.28. The molecule has 0 spiro atoms. The van der Waals surface area contributed by atoms with Gasteiger partial charge in [-0.05, 0) is 42.3 Å². The van der Waals surface area contributed by atoms with Crippen molar-refractivity contribution in [3.05, 3.63) is 65.2 Å². The maximum Gasteiger partial charge on any atom is 0.251 e. The molecule has 1 heterocycles. The van der Waals surface area contributed by atoms with Gasteiger partial charge in [-0.2, -0.15) is 0 Å². The van der Waals surface area contributed by atoms with E-state index in [0.29, 0.717) is 5.56 Å². The van der Waals surface area contributed by atoms with Crippen molar-refractivity contribution in [2.75, 3.05) is 6.26 Å². The summed E-state index contributed by atoms with van der Waals surface area (Å²) in [4.78, 5) is 37.4. The Hall–Kier alpha value is -3.00. The lowest BCUT2D eigenvalue weighted by Crippen LogP contribution is -2.28. The number of nitrogens with zero attached hydrogens (tertiary/aromatic N) is 1. The number of rotatable bonds is 6. The molecule has 1 saturated heterocycles. The minimum atomic E-state index is -3.26. The largest absolute Gasteiger partial charge is 0.346 e. The monoisotopic (exact) mass is 414 g/mol. The van der Waals surface area contributed by atoms with Crippen LogP contribution in [-0.2, 0) is 26.0 Å². The van der Waals surface area contributed by atoms with E-state index in [0.717, 1.165) is 17.4 Å². The van der Waals surface area contributed by atoms with E-state index in [1.165, 1.54) is 17.0 Å². The maximum atomic E-state index is 12.5. The van der Waals surface area contributed by atoms with E-state index in [1.54, 1.807) is 36.4 Å². The second-order valence-electron chi connectivity index (χ2n) is 7.11. The van der Waals surface area contributed by atoms with Gasteiger partial charge in [-0.15, -0.1) is 0 Å². The van der Waals surface area contributed by atoms with Gasteiger partial charge in [0.1, 0.15) is 0 Å². The predicted molar refractivity (Wildman–Crippen MR) is 107 cm³/mol. The van der Waals surface area contributed by atoms with Gasteiger partial charge in [0.15, 0.2) is 9.84 Å². The quantitative estimate of drug-likeness (QED) is 0.731. The van der Waals surface area contributed by atoms with Crippen LogP contribution in [0.2, 0.25) is 0 Å². The maximum absolute atomic E-state index is 12.5. The minimum Gasteiger partial charge on any atom is -0.346 e. The van der Waals surface area contributed by atoms with Crippen LogP contribution in [-0.4, -0.2) is 37.3 Å². The number of sulfone groups is 1. The van der Waals surface area contributed by atoms with Crippen LogP contribution in [0.5, 0.6) is 0 Å². The molecule has 1 aliphatic rings. The fourth-order valence-corrected chi connectivity index (χ4v) is 3.74. The molecule has 7 nitrogen and oxygen atoms in total. The standard InChI is InChI=1S/C21H22N2O5S/c1-14(16-7-9-18(10-8-16)29(2,27)28)22-21(26)17-5-3-15(4-6-17)13-23-19(24)11-12-20(23)25/h3-10,14H,11-13H2,1-2H3,(H,22,26). The average molecular weight is 414 g/mol. The van der Waals surface area contributed by atoms with Crippen molar-refractivity contribution in [1.29, 1.82) is 0 Å². The minimum absolute atomic E-state index is 0.174. The highest BCUT2D eigenvalue weighted by molar-refractivity contribution is 7.90. The molecular formula is C21H22N2O5S. The zero-order chi connectivity index (χ0) is 21.2. The van der Waals surface area contributed by atoms with E-state index >= 15 is 0 Å². The Morgan fingerprint density at radius 1 is 1.00 bits per heavy atom. The summed E-state index contributed by atoms with van der Waals surface area (Å²) in [6.07, 6.45) is 1.65. The first-order valence-electron chi connectivity index (χ1n) is 9.18. The number of benzene rings is 2. The van der Waals surface area contributed by atoms with E-state index in [4.69, 9.17) is 0 Å². The third-order valence-corrected chi connectivity index (χ3v) is 6.00. The molecule has 3 amide bonds. The van der Waals surface area contributed by atoms with Gasteiger partial charge in [0.2, 0.25) is 11.8 Å². The van der Waals surface area contributed by atoms with E-state index in [1.807, 2.05) is 6.92 Å². The van der Waals surface area contributed by atoms with Crippen LogP contribution in [0.4, 0.5) is 0 Å². The zero-order valence-corrected chi connectivity index (χ0v) is 17.0. The molecule has 1 unspecified atom stereocenters. The SMILES string of the molecule is CC(NC(=O)c1ccc(CN2C(=O)CCC2=O)cc1)c1ccc(S(C)(=O)=O)cc1. The van der Waals surface area contributed by atoms with Crippen molar-refractivity contribution in [1.82, 2.24) is 10.2 Å².